The van der Waals surface area contributed by atoms with Gasteiger partial charge in [0.05, 0.1) is 18.0 Å². The second kappa shape index (κ2) is 4.66. The summed E-state index contributed by atoms with van der Waals surface area (Å²) in [5, 5.41) is 5.07. The first-order valence-corrected chi connectivity index (χ1v) is 8.90. The van der Waals surface area contributed by atoms with Gasteiger partial charge in [-0.3, -0.25) is 4.72 Å². The van der Waals surface area contributed by atoms with Gasteiger partial charge in [0.15, 0.2) is 0 Å². The van der Waals surface area contributed by atoms with Gasteiger partial charge in [-0.1, -0.05) is 0 Å². The van der Waals surface area contributed by atoms with Gasteiger partial charge in [0.25, 0.3) is 0 Å². The van der Waals surface area contributed by atoms with E-state index in [0.717, 1.165) is 19.1 Å². The fourth-order valence-electron chi connectivity index (χ4n) is 1.47. The van der Waals surface area contributed by atoms with Crippen LogP contribution in [0, 0.1) is 0 Å². The molecule has 0 aromatic heterocycles. The zero-order valence-corrected chi connectivity index (χ0v) is 11.8. The van der Waals surface area contributed by atoms with Crippen LogP contribution < -0.4 is 14.6 Å². The number of nitrogens with one attached hydrogen (secondary N) is 1. The van der Waals surface area contributed by atoms with E-state index in [4.69, 9.17) is 9.88 Å². The van der Waals surface area contributed by atoms with Crippen molar-refractivity contribution in [2.75, 3.05) is 11.0 Å². The van der Waals surface area contributed by atoms with E-state index < -0.39 is 20.0 Å². The highest BCUT2D eigenvalue weighted by Crippen LogP contribution is 2.31. The SMILES string of the molecule is CS(=O)(=O)Nc1ccc(OC2CC2)cc1S(N)(=O)=O. The molecule has 0 spiro atoms. The molecule has 1 aromatic carbocycles. The Kier molecular flexibility index (Phi) is 3.45. The minimum Gasteiger partial charge on any atom is -0.490 e. The smallest absolute Gasteiger partial charge is 0.240 e. The lowest BCUT2D eigenvalue weighted by molar-refractivity contribution is 0.302. The number of benzene rings is 1. The Bertz CT molecular complexity index is 693. The van der Waals surface area contributed by atoms with E-state index in [-0.39, 0.29) is 16.7 Å². The molecule has 2 rings (SSSR count). The van der Waals surface area contributed by atoms with Crippen molar-refractivity contribution in [1.29, 1.82) is 0 Å². The zero-order chi connectivity index (χ0) is 14.3. The number of hydrogen-bond acceptors (Lipinski definition) is 5. The number of hydrogen-bond donors (Lipinski definition) is 2. The normalized spacial score (nSPS) is 16.1. The first kappa shape index (κ1) is 14.1. The maximum absolute atomic E-state index is 11.5. The number of ether oxygens (including phenoxy) is 1. The molecule has 1 fully saturated rings. The van der Waals surface area contributed by atoms with Crippen molar-refractivity contribution in [2.45, 2.75) is 23.8 Å². The summed E-state index contributed by atoms with van der Waals surface area (Å²) in [5.41, 5.74) is -0.0897. The van der Waals surface area contributed by atoms with Crippen LogP contribution in [-0.4, -0.2) is 29.2 Å². The third-order valence-electron chi connectivity index (χ3n) is 2.38. The maximum atomic E-state index is 11.5. The van der Waals surface area contributed by atoms with Crippen LogP contribution in [0.5, 0.6) is 5.75 Å². The van der Waals surface area contributed by atoms with Crippen LogP contribution >= 0.6 is 0 Å². The molecule has 0 unspecified atom stereocenters. The molecule has 0 atom stereocenters. The van der Waals surface area contributed by atoms with Crippen LogP contribution in [-0.2, 0) is 20.0 Å². The van der Waals surface area contributed by atoms with Gasteiger partial charge < -0.3 is 4.74 Å². The molecule has 0 radical (unpaired) electrons. The van der Waals surface area contributed by atoms with Crippen LogP contribution in [0.1, 0.15) is 12.8 Å². The van der Waals surface area contributed by atoms with Gasteiger partial charge >= 0.3 is 0 Å². The maximum Gasteiger partial charge on any atom is 0.240 e. The Labute approximate surface area is 111 Å². The van der Waals surface area contributed by atoms with Crippen LogP contribution in [0.2, 0.25) is 0 Å². The molecule has 1 aliphatic carbocycles. The van der Waals surface area contributed by atoms with Gasteiger partial charge in [-0.15, -0.1) is 0 Å². The van der Waals surface area contributed by atoms with Crippen molar-refractivity contribution in [3.8, 4) is 5.75 Å². The Morgan fingerprint density at radius 3 is 2.37 bits per heavy atom. The van der Waals surface area contributed by atoms with Gasteiger partial charge in [0.1, 0.15) is 10.6 Å². The van der Waals surface area contributed by atoms with Crippen molar-refractivity contribution in [3.63, 3.8) is 0 Å². The topological polar surface area (TPSA) is 116 Å². The Morgan fingerprint density at radius 1 is 1.26 bits per heavy atom. The Morgan fingerprint density at radius 2 is 1.89 bits per heavy atom. The standard InChI is InChI=1S/C10H14N2O5S2/c1-18(13,14)12-9-5-4-8(17-7-2-3-7)6-10(9)19(11,15)16/h4-7,12H,2-3H2,1H3,(H2,11,15,16). The lowest BCUT2D eigenvalue weighted by Crippen LogP contribution is -2.18. The largest absolute Gasteiger partial charge is 0.490 e. The monoisotopic (exact) mass is 306 g/mol. The van der Waals surface area contributed by atoms with E-state index in [1.165, 1.54) is 18.2 Å². The zero-order valence-electron chi connectivity index (χ0n) is 10.2. The molecule has 0 heterocycles. The molecule has 0 saturated heterocycles. The number of primary sulfonamides is 1. The molecule has 106 valence electrons. The average molecular weight is 306 g/mol. The van der Waals surface area contributed by atoms with E-state index >= 15 is 0 Å². The fourth-order valence-corrected chi connectivity index (χ4v) is 2.82. The summed E-state index contributed by atoms with van der Waals surface area (Å²) in [6.45, 7) is 0. The lowest BCUT2D eigenvalue weighted by Gasteiger charge is -2.11. The van der Waals surface area contributed by atoms with Crippen LogP contribution in [0.3, 0.4) is 0 Å². The molecular formula is C10H14N2O5S2. The minimum absolute atomic E-state index is 0.0897. The third kappa shape index (κ3) is 4.08. The van der Waals surface area contributed by atoms with E-state index in [9.17, 15) is 16.8 Å². The van der Waals surface area contributed by atoms with Gasteiger partial charge in [-0.05, 0) is 25.0 Å². The molecule has 1 aromatic rings. The molecule has 9 heteroatoms. The van der Waals surface area contributed by atoms with Gasteiger partial charge in [0, 0.05) is 6.07 Å². The summed E-state index contributed by atoms with van der Waals surface area (Å²) < 4.78 is 52.9. The third-order valence-corrected chi connectivity index (χ3v) is 3.92. The molecule has 0 amide bonds. The van der Waals surface area contributed by atoms with E-state index in [1.54, 1.807) is 0 Å². The molecule has 0 bridgehead atoms. The van der Waals surface area contributed by atoms with Gasteiger partial charge in [-0.25, -0.2) is 22.0 Å². The highest BCUT2D eigenvalue weighted by Gasteiger charge is 2.25. The molecule has 1 saturated carbocycles. The van der Waals surface area contributed by atoms with E-state index in [1.807, 2.05) is 0 Å². The van der Waals surface area contributed by atoms with Crippen LogP contribution in [0.4, 0.5) is 5.69 Å². The van der Waals surface area contributed by atoms with Crippen molar-refractivity contribution >= 4 is 25.7 Å². The summed E-state index contributed by atoms with van der Waals surface area (Å²) in [5.74, 6) is 0.352. The second-order valence-electron chi connectivity index (χ2n) is 4.39. The minimum atomic E-state index is -4.05. The molecule has 19 heavy (non-hydrogen) atoms. The second-order valence-corrected chi connectivity index (χ2v) is 7.67. The fraction of sp³-hybridized carbons (Fsp3) is 0.400. The van der Waals surface area contributed by atoms with E-state index in [2.05, 4.69) is 4.72 Å². The van der Waals surface area contributed by atoms with Crippen molar-refractivity contribution in [2.24, 2.45) is 5.14 Å². The number of anilines is 1. The quantitative estimate of drug-likeness (QED) is 0.809. The van der Waals surface area contributed by atoms with E-state index in [0.29, 0.717) is 5.75 Å². The summed E-state index contributed by atoms with van der Waals surface area (Å²) in [6, 6.07) is 4.04. The predicted molar refractivity (Wildman–Crippen MR) is 69.9 cm³/mol. The highest BCUT2D eigenvalue weighted by molar-refractivity contribution is 7.92. The summed E-state index contributed by atoms with van der Waals surface area (Å²) in [7, 11) is -7.65. The molecule has 7 nitrogen and oxygen atoms in total. The van der Waals surface area contributed by atoms with Crippen LogP contribution in [0.25, 0.3) is 0 Å². The lowest BCUT2D eigenvalue weighted by atomic mass is 10.3. The van der Waals surface area contributed by atoms with Gasteiger partial charge in [-0.2, -0.15) is 0 Å². The van der Waals surface area contributed by atoms with Crippen molar-refractivity contribution in [3.05, 3.63) is 18.2 Å². The number of rotatable bonds is 5. The predicted octanol–water partition coefficient (Wildman–Crippen LogP) is 0.247. The molecular weight excluding hydrogens is 292 g/mol. The highest BCUT2D eigenvalue weighted by atomic mass is 32.2. The molecule has 1 aliphatic rings. The van der Waals surface area contributed by atoms with Crippen molar-refractivity contribution < 1.29 is 21.6 Å². The first-order valence-electron chi connectivity index (χ1n) is 5.46. The Hall–Kier alpha value is -1.32. The summed E-state index contributed by atoms with van der Waals surface area (Å²) in [4.78, 5) is -0.309. The number of sulfonamides is 2. The van der Waals surface area contributed by atoms with Gasteiger partial charge in [0.2, 0.25) is 20.0 Å². The number of nitrogens with two attached hydrogens (primary N) is 1. The Balaban J connectivity index is 2.42. The van der Waals surface area contributed by atoms with Crippen molar-refractivity contribution in [1.82, 2.24) is 0 Å². The molecule has 3 N–H and O–H groups in total. The van der Waals surface area contributed by atoms with Crippen LogP contribution in [0.15, 0.2) is 23.1 Å². The average Bonchev–Trinajstić information content (AvgIpc) is 3.00. The summed E-state index contributed by atoms with van der Waals surface area (Å²) in [6.07, 6.45) is 2.87. The summed E-state index contributed by atoms with van der Waals surface area (Å²) >= 11 is 0. The first-order chi connectivity index (χ1) is 8.65. The molecule has 0 aliphatic heterocycles.